The average Bonchev–Trinajstić information content (AvgIpc) is 2.36. The zero-order valence-electron chi connectivity index (χ0n) is 9.64. The Morgan fingerprint density at radius 3 is 2.78 bits per heavy atom. The molecule has 6 heteroatoms. The van der Waals surface area contributed by atoms with Gasteiger partial charge >= 0.3 is 5.97 Å². The van der Waals surface area contributed by atoms with Crippen LogP contribution in [0.15, 0.2) is 24.3 Å². The fourth-order valence-electron chi connectivity index (χ4n) is 1.16. The van der Waals surface area contributed by atoms with Crippen LogP contribution in [0.25, 0.3) is 0 Å². The summed E-state index contributed by atoms with van der Waals surface area (Å²) >= 11 is 2.04. The van der Waals surface area contributed by atoms with Crippen LogP contribution in [0.2, 0.25) is 0 Å². The summed E-state index contributed by atoms with van der Waals surface area (Å²) in [4.78, 5) is 23.0. The maximum Gasteiger partial charge on any atom is 0.326 e. The molecule has 0 aliphatic heterocycles. The number of benzene rings is 1. The molecule has 0 radical (unpaired) electrons. The molecule has 0 spiro atoms. The molecule has 0 saturated heterocycles. The van der Waals surface area contributed by atoms with Crippen molar-refractivity contribution in [2.45, 2.75) is 13.0 Å². The number of amides is 1. The van der Waals surface area contributed by atoms with Crippen LogP contribution in [0, 0.1) is 14.9 Å². The van der Waals surface area contributed by atoms with Crippen LogP contribution >= 0.6 is 22.6 Å². The number of esters is 1. The van der Waals surface area contributed by atoms with E-state index < -0.39 is 12.1 Å². The molecule has 0 aromatic heterocycles. The van der Waals surface area contributed by atoms with Crippen molar-refractivity contribution in [2.75, 3.05) is 6.54 Å². The zero-order chi connectivity index (χ0) is 13.5. The number of carbonyl (C=O) groups is 2. The van der Waals surface area contributed by atoms with Crippen molar-refractivity contribution >= 4 is 34.5 Å². The van der Waals surface area contributed by atoms with Gasteiger partial charge in [-0.2, -0.15) is 5.26 Å². The molecule has 1 aromatic rings. The minimum absolute atomic E-state index is 0.254. The van der Waals surface area contributed by atoms with Gasteiger partial charge in [-0.25, -0.2) is 0 Å². The first-order valence-electron chi connectivity index (χ1n) is 5.16. The number of hydrogen-bond acceptors (Lipinski definition) is 4. The maximum absolute atomic E-state index is 11.7. The Morgan fingerprint density at radius 2 is 2.17 bits per heavy atom. The second kappa shape index (κ2) is 6.96. The first kappa shape index (κ1) is 14.4. The van der Waals surface area contributed by atoms with E-state index in [-0.39, 0.29) is 12.5 Å². The third-order valence-electron chi connectivity index (χ3n) is 2.00. The van der Waals surface area contributed by atoms with E-state index in [2.05, 4.69) is 5.32 Å². The second-order valence-corrected chi connectivity index (χ2v) is 4.59. The number of nitrogens with zero attached hydrogens (tertiary/aromatic N) is 1. The summed E-state index contributed by atoms with van der Waals surface area (Å²) in [5, 5.41) is 10.9. The number of halogens is 1. The van der Waals surface area contributed by atoms with Crippen LogP contribution in [-0.4, -0.2) is 24.5 Å². The maximum atomic E-state index is 11.7. The van der Waals surface area contributed by atoms with Crippen LogP contribution in [0.3, 0.4) is 0 Å². The molecule has 94 valence electrons. The monoisotopic (exact) mass is 358 g/mol. The molecule has 0 aliphatic carbocycles. The Morgan fingerprint density at radius 1 is 1.50 bits per heavy atom. The topological polar surface area (TPSA) is 79.2 Å². The first-order chi connectivity index (χ1) is 8.54. The van der Waals surface area contributed by atoms with Crippen LogP contribution in [0.4, 0.5) is 0 Å². The second-order valence-electron chi connectivity index (χ2n) is 3.42. The van der Waals surface area contributed by atoms with Gasteiger partial charge in [0.2, 0.25) is 0 Å². The minimum Gasteiger partial charge on any atom is -0.446 e. The van der Waals surface area contributed by atoms with E-state index in [0.717, 1.165) is 3.57 Å². The molecule has 1 N–H and O–H groups in total. The molecule has 1 aromatic carbocycles. The van der Waals surface area contributed by atoms with E-state index >= 15 is 0 Å². The van der Waals surface area contributed by atoms with E-state index in [4.69, 9.17) is 10.00 Å². The van der Waals surface area contributed by atoms with Gasteiger partial charge in [-0.15, -0.1) is 0 Å². The van der Waals surface area contributed by atoms with Crippen molar-refractivity contribution in [3.63, 3.8) is 0 Å². The van der Waals surface area contributed by atoms with Crippen molar-refractivity contribution in [3.05, 3.63) is 33.4 Å². The molecule has 0 saturated carbocycles. The largest absolute Gasteiger partial charge is 0.446 e. The summed E-state index contributed by atoms with van der Waals surface area (Å²) in [6.07, 6.45) is -0.814. The molecule has 5 nitrogen and oxygen atoms in total. The Kier molecular flexibility index (Phi) is 5.58. The van der Waals surface area contributed by atoms with Gasteiger partial charge in [0.15, 0.2) is 6.10 Å². The summed E-state index contributed by atoms with van der Waals surface area (Å²) in [5.74, 6) is -0.982. The van der Waals surface area contributed by atoms with Gasteiger partial charge < -0.3 is 10.1 Å². The van der Waals surface area contributed by atoms with Gasteiger partial charge in [-0.05, 0) is 41.6 Å². The molecule has 1 atom stereocenters. The third kappa shape index (κ3) is 4.33. The van der Waals surface area contributed by atoms with E-state index in [1.807, 2.05) is 28.7 Å². The first-order valence-corrected chi connectivity index (χ1v) is 6.24. The van der Waals surface area contributed by atoms with Gasteiger partial charge in [0.25, 0.3) is 5.91 Å². The summed E-state index contributed by atoms with van der Waals surface area (Å²) in [5.41, 5.74) is 0.499. The quantitative estimate of drug-likeness (QED) is 0.653. The molecule has 1 rings (SSSR count). The summed E-state index contributed by atoms with van der Waals surface area (Å²) in [7, 11) is 0. The molecule has 0 fully saturated rings. The number of rotatable bonds is 4. The van der Waals surface area contributed by atoms with E-state index in [9.17, 15) is 9.59 Å². The number of carbonyl (C=O) groups excluding carboxylic acids is 2. The molecular weight excluding hydrogens is 347 g/mol. The van der Waals surface area contributed by atoms with Crippen LogP contribution in [0.5, 0.6) is 0 Å². The number of nitriles is 1. The highest BCUT2D eigenvalue weighted by Crippen LogP contribution is 2.10. The van der Waals surface area contributed by atoms with Gasteiger partial charge in [0, 0.05) is 3.57 Å². The van der Waals surface area contributed by atoms with Crippen molar-refractivity contribution in [3.8, 4) is 6.07 Å². The lowest BCUT2D eigenvalue weighted by Crippen LogP contribution is -2.32. The molecule has 18 heavy (non-hydrogen) atoms. The lowest BCUT2D eigenvalue weighted by atomic mass is 10.2. The van der Waals surface area contributed by atoms with Gasteiger partial charge in [-0.1, -0.05) is 12.1 Å². The van der Waals surface area contributed by atoms with Crippen molar-refractivity contribution in [1.29, 1.82) is 5.26 Å². The molecule has 0 bridgehead atoms. The summed E-state index contributed by atoms with van der Waals surface area (Å²) in [6, 6.07) is 8.80. The van der Waals surface area contributed by atoms with Gasteiger partial charge in [0.1, 0.15) is 12.6 Å². The lowest BCUT2D eigenvalue weighted by Gasteiger charge is -2.08. The summed E-state index contributed by atoms with van der Waals surface area (Å²) in [6.45, 7) is 1.20. The fourth-order valence-corrected chi connectivity index (χ4v) is 1.79. The van der Waals surface area contributed by atoms with Gasteiger partial charge in [0.05, 0.1) is 5.56 Å². The fraction of sp³-hybridized carbons (Fsp3) is 0.250. The molecule has 0 heterocycles. The van der Waals surface area contributed by atoms with Crippen LogP contribution < -0.4 is 5.32 Å². The predicted octanol–water partition coefficient (Wildman–Crippen LogP) is 1.48. The highest BCUT2D eigenvalue weighted by atomic mass is 127. The standard InChI is InChI=1S/C12H11IN2O3/c1-8(6-14)18-11(16)7-15-12(17)9-4-2-3-5-10(9)13/h2-5,8H,7H2,1H3,(H,15,17)/t8-/m0/s1. The minimum atomic E-state index is -0.814. The Hall–Kier alpha value is -1.62. The summed E-state index contributed by atoms with van der Waals surface area (Å²) < 4.78 is 5.50. The van der Waals surface area contributed by atoms with Crippen LogP contribution in [0.1, 0.15) is 17.3 Å². The highest BCUT2D eigenvalue weighted by molar-refractivity contribution is 14.1. The third-order valence-corrected chi connectivity index (χ3v) is 2.94. The van der Waals surface area contributed by atoms with E-state index in [0.29, 0.717) is 5.56 Å². The Labute approximate surface area is 118 Å². The van der Waals surface area contributed by atoms with E-state index in [1.165, 1.54) is 6.92 Å². The number of nitrogens with one attached hydrogen (secondary N) is 1. The SMILES string of the molecule is C[C@@H](C#N)OC(=O)CNC(=O)c1ccccc1I. The molecule has 1 amide bonds. The molecule has 0 aliphatic rings. The average molecular weight is 358 g/mol. The predicted molar refractivity (Wildman–Crippen MR) is 72.7 cm³/mol. The molecular formula is C12H11IN2O3. The van der Waals surface area contributed by atoms with Crippen molar-refractivity contribution in [1.82, 2.24) is 5.32 Å². The molecule has 0 unspecified atom stereocenters. The smallest absolute Gasteiger partial charge is 0.326 e. The van der Waals surface area contributed by atoms with Crippen LogP contribution in [-0.2, 0) is 9.53 Å². The highest BCUT2D eigenvalue weighted by Gasteiger charge is 2.12. The Bertz CT molecular complexity index is 496. The van der Waals surface area contributed by atoms with Gasteiger partial charge in [-0.3, -0.25) is 9.59 Å². The number of ether oxygens (including phenoxy) is 1. The zero-order valence-corrected chi connectivity index (χ0v) is 11.8. The normalized spacial score (nSPS) is 11.2. The Balaban J connectivity index is 2.50. The number of hydrogen-bond donors (Lipinski definition) is 1. The van der Waals surface area contributed by atoms with Crippen molar-refractivity contribution < 1.29 is 14.3 Å². The lowest BCUT2D eigenvalue weighted by molar-refractivity contribution is -0.144. The van der Waals surface area contributed by atoms with E-state index in [1.54, 1.807) is 24.3 Å². The van der Waals surface area contributed by atoms with Crippen molar-refractivity contribution in [2.24, 2.45) is 0 Å².